The van der Waals surface area contributed by atoms with E-state index in [1.165, 1.54) is 0 Å². The highest BCUT2D eigenvalue weighted by Gasteiger charge is 2.38. The molecular formula is C10H17N3O4. The van der Waals surface area contributed by atoms with Gasteiger partial charge in [-0.1, -0.05) is 12.8 Å². The monoisotopic (exact) mass is 243 g/mol. The summed E-state index contributed by atoms with van der Waals surface area (Å²) in [5, 5.41) is 11.1. The normalized spacial score (nSPS) is 19.6. The summed E-state index contributed by atoms with van der Waals surface area (Å²) in [5.74, 6) is -2.60. The van der Waals surface area contributed by atoms with E-state index in [9.17, 15) is 14.4 Å². The van der Waals surface area contributed by atoms with Crippen LogP contribution in [0, 0.1) is 0 Å². The Balaban J connectivity index is 2.63. The molecule has 0 aromatic heterocycles. The number of nitrogens with one attached hydrogen (secondary N) is 1. The lowest BCUT2D eigenvalue weighted by atomic mass is 9.97. The molecule has 1 fully saturated rings. The van der Waals surface area contributed by atoms with Crippen molar-refractivity contribution in [2.75, 3.05) is 0 Å². The van der Waals surface area contributed by atoms with Crippen molar-refractivity contribution < 1.29 is 19.5 Å². The minimum absolute atomic E-state index is 0.433. The number of nitrogens with two attached hydrogens (primary N) is 2. The minimum atomic E-state index is -1.30. The van der Waals surface area contributed by atoms with Crippen molar-refractivity contribution in [2.45, 2.75) is 43.7 Å². The van der Waals surface area contributed by atoms with Crippen LogP contribution in [0.2, 0.25) is 0 Å². The number of amides is 2. The Labute approximate surface area is 98.5 Å². The van der Waals surface area contributed by atoms with Crippen molar-refractivity contribution in [1.82, 2.24) is 5.32 Å². The van der Waals surface area contributed by atoms with Gasteiger partial charge in [0.05, 0.1) is 12.0 Å². The van der Waals surface area contributed by atoms with Gasteiger partial charge in [0.1, 0.15) is 6.04 Å². The SMILES string of the molecule is NC(=O)C[C@H](NC(=O)C1(N)CCCC1)C(=O)O. The Bertz CT molecular complexity index is 336. The molecule has 0 saturated heterocycles. The summed E-state index contributed by atoms with van der Waals surface area (Å²) in [4.78, 5) is 33.3. The van der Waals surface area contributed by atoms with Crippen LogP contribution < -0.4 is 16.8 Å². The predicted molar refractivity (Wildman–Crippen MR) is 58.8 cm³/mol. The number of rotatable bonds is 5. The van der Waals surface area contributed by atoms with E-state index >= 15 is 0 Å². The number of carboxylic acid groups (broad SMARTS) is 1. The smallest absolute Gasteiger partial charge is 0.326 e. The number of carbonyl (C=O) groups excluding carboxylic acids is 2. The molecule has 0 aliphatic heterocycles. The van der Waals surface area contributed by atoms with E-state index < -0.39 is 35.8 Å². The van der Waals surface area contributed by atoms with Crippen molar-refractivity contribution in [3.05, 3.63) is 0 Å². The van der Waals surface area contributed by atoms with Crippen LogP contribution in [0.15, 0.2) is 0 Å². The molecule has 1 aliphatic rings. The summed E-state index contributed by atoms with van der Waals surface area (Å²) in [5.41, 5.74) is 9.76. The first-order valence-corrected chi connectivity index (χ1v) is 5.46. The van der Waals surface area contributed by atoms with Gasteiger partial charge in [-0.05, 0) is 12.8 Å². The first-order chi connectivity index (χ1) is 7.85. The molecule has 1 atom stereocenters. The predicted octanol–water partition coefficient (Wildman–Crippen LogP) is -1.30. The lowest BCUT2D eigenvalue weighted by Crippen LogP contribution is -2.56. The van der Waals surface area contributed by atoms with Gasteiger partial charge in [0, 0.05) is 0 Å². The number of carboxylic acids is 1. The van der Waals surface area contributed by atoms with Crippen molar-refractivity contribution >= 4 is 17.8 Å². The zero-order valence-electron chi connectivity index (χ0n) is 9.44. The van der Waals surface area contributed by atoms with Gasteiger partial charge in [-0.15, -0.1) is 0 Å². The van der Waals surface area contributed by atoms with E-state index in [1.54, 1.807) is 0 Å². The van der Waals surface area contributed by atoms with Gasteiger partial charge in [-0.3, -0.25) is 9.59 Å². The third kappa shape index (κ3) is 3.42. The number of primary amides is 1. The number of aliphatic carboxylic acids is 1. The molecule has 0 heterocycles. The highest BCUT2D eigenvalue weighted by Crippen LogP contribution is 2.27. The van der Waals surface area contributed by atoms with Gasteiger partial charge in [0.25, 0.3) is 0 Å². The number of hydrogen-bond donors (Lipinski definition) is 4. The lowest BCUT2D eigenvalue weighted by molar-refractivity contribution is -0.144. The Morgan fingerprint density at radius 3 is 2.24 bits per heavy atom. The van der Waals surface area contributed by atoms with Gasteiger partial charge < -0.3 is 21.9 Å². The number of carbonyl (C=O) groups is 3. The topological polar surface area (TPSA) is 136 Å². The first kappa shape index (κ1) is 13.4. The fourth-order valence-corrected chi connectivity index (χ4v) is 1.94. The lowest BCUT2D eigenvalue weighted by Gasteiger charge is -2.24. The largest absolute Gasteiger partial charge is 0.480 e. The Morgan fingerprint density at radius 2 is 1.82 bits per heavy atom. The average molecular weight is 243 g/mol. The maximum Gasteiger partial charge on any atom is 0.326 e. The molecule has 2 amide bonds. The van der Waals surface area contributed by atoms with Crippen LogP contribution in [-0.4, -0.2) is 34.5 Å². The van der Waals surface area contributed by atoms with Crippen LogP contribution in [0.1, 0.15) is 32.1 Å². The molecule has 7 nitrogen and oxygen atoms in total. The van der Waals surface area contributed by atoms with Crippen molar-refractivity contribution in [3.63, 3.8) is 0 Å². The average Bonchev–Trinajstić information content (AvgIpc) is 2.64. The van der Waals surface area contributed by atoms with Crippen LogP contribution in [0.5, 0.6) is 0 Å². The van der Waals surface area contributed by atoms with E-state index in [4.69, 9.17) is 16.6 Å². The quantitative estimate of drug-likeness (QED) is 0.476. The van der Waals surface area contributed by atoms with Gasteiger partial charge in [0.2, 0.25) is 11.8 Å². The molecule has 0 bridgehead atoms. The fourth-order valence-electron chi connectivity index (χ4n) is 1.94. The second-order valence-corrected chi connectivity index (χ2v) is 4.40. The summed E-state index contributed by atoms with van der Waals surface area (Å²) < 4.78 is 0. The van der Waals surface area contributed by atoms with Crippen LogP contribution in [-0.2, 0) is 14.4 Å². The summed E-state index contributed by atoms with van der Waals surface area (Å²) in [6.07, 6.45) is 2.32. The van der Waals surface area contributed by atoms with E-state index in [2.05, 4.69) is 5.32 Å². The van der Waals surface area contributed by atoms with E-state index in [1.807, 2.05) is 0 Å². The van der Waals surface area contributed by atoms with Crippen LogP contribution >= 0.6 is 0 Å². The van der Waals surface area contributed by atoms with Gasteiger partial charge in [0.15, 0.2) is 0 Å². The highest BCUT2D eigenvalue weighted by atomic mass is 16.4. The Kier molecular flexibility index (Phi) is 4.06. The molecule has 17 heavy (non-hydrogen) atoms. The van der Waals surface area contributed by atoms with E-state index in [0.29, 0.717) is 12.8 Å². The van der Waals surface area contributed by atoms with Crippen LogP contribution in [0.4, 0.5) is 0 Å². The summed E-state index contributed by atoms with van der Waals surface area (Å²) in [7, 11) is 0. The maximum absolute atomic E-state index is 11.8. The molecule has 1 saturated carbocycles. The molecule has 0 spiro atoms. The molecule has 6 N–H and O–H groups in total. The molecule has 0 unspecified atom stereocenters. The molecule has 0 aromatic rings. The third-order valence-corrected chi connectivity index (χ3v) is 2.96. The van der Waals surface area contributed by atoms with Crippen molar-refractivity contribution in [1.29, 1.82) is 0 Å². The standard InChI is InChI=1S/C10H17N3O4/c11-7(14)5-6(8(15)16)13-9(17)10(12)3-1-2-4-10/h6H,1-5,12H2,(H2,11,14)(H,13,17)(H,15,16)/t6-/m0/s1. The molecule has 7 heteroatoms. The minimum Gasteiger partial charge on any atom is -0.480 e. The van der Waals surface area contributed by atoms with Crippen molar-refractivity contribution in [2.24, 2.45) is 11.5 Å². The Morgan fingerprint density at radius 1 is 1.29 bits per heavy atom. The maximum atomic E-state index is 11.8. The zero-order valence-corrected chi connectivity index (χ0v) is 9.44. The van der Waals surface area contributed by atoms with Crippen LogP contribution in [0.25, 0.3) is 0 Å². The molecular weight excluding hydrogens is 226 g/mol. The highest BCUT2D eigenvalue weighted by molar-refractivity contribution is 5.92. The molecule has 96 valence electrons. The van der Waals surface area contributed by atoms with Gasteiger partial charge in [-0.25, -0.2) is 4.79 Å². The van der Waals surface area contributed by atoms with E-state index in [-0.39, 0.29) is 0 Å². The molecule has 1 rings (SSSR count). The summed E-state index contributed by atoms with van der Waals surface area (Å²) in [6, 6.07) is -1.30. The third-order valence-electron chi connectivity index (χ3n) is 2.96. The Hall–Kier alpha value is -1.63. The second kappa shape index (κ2) is 5.13. The van der Waals surface area contributed by atoms with Gasteiger partial charge >= 0.3 is 5.97 Å². The molecule has 0 aromatic carbocycles. The van der Waals surface area contributed by atoms with Gasteiger partial charge in [-0.2, -0.15) is 0 Å². The molecule has 1 aliphatic carbocycles. The summed E-state index contributed by atoms with van der Waals surface area (Å²) in [6.45, 7) is 0. The van der Waals surface area contributed by atoms with Crippen molar-refractivity contribution in [3.8, 4) is 0 Å². The molecule has 0 radical (unpaired) electrons. The zero-order chi connectivity index (χ0) is 13.1. The van der Waals surface area contributed by atoms with E-state index in [0.717, 1.165) is 12.8 Å². The number of hydrogen-bond acceptors (Lipinski definition) is 4. The first-order valence-electron chi connectivity index (χ1n) is 5.46. The van der Waals surface area contributed by atoms with Crippen LogP contribution in [0.3, 0.4) is 0 Å². The fraction of sp³-hybridized carbons (Fsp3) is 0.700. The summed E-state index contributed by atoms with van der Waals surface area (Å²) >= 11 is 0. The second-order valence-electron chi connectivity index (χ2n) is 4.40.